The van der Waals surface area contributed by atoms with Gasteiger partial charge in [-0.2, -0.15) is 5.10 Å². The van der Waals surface area contributed by atoms with Crippen molar-refractivity contribution < 1.29 is 0 Å². The van der Waals surface area contributed by atoms with Crippen molar-refractivity contribution in [2.75, 3.05) is 13.1 Å². The van der Waals surface area contributed by atoms with Gasteiger partial charge in [-0.3, -0.25) is 4.68 Å². The first kappa shape index (κ1) is 16.2. The molecule has 1 aromatic heterocycles. The fourth-order valence-electron chi connectivity index (χ4n) is 2.57. The molecule has 110 valence electrons. The highest BCUT2D eigenvalue weighted by Gasteiger charge is 2.21. The highest BCUT2D eigenvalue weighted by molar-refractivity contribution is 5.26. The Balaban J connectivity index is 2.76. The molecule has 0 amide bonds. The Morgan fingerprint density at radius 2 is 1.89 bits per heavy atom. The highest BCUT2D eigenvalue weighted by Crippen LogP contribution is 2.23. The van der Waals surface area contributed by atoms with E-state index < -0.39 is 0 Å². The number of nitrogens with one attached hydrogen (secondary N) is 1. The number of aromatic nitrogens is 2. The summed E-state index contributed by atoms with van der Waals surface area (Å²) in [7, 11) is 0. The minimum atomic E-state index is 0.0663. The lowest BCUT2D eigenvalue weighted by Crippen LogP contribution is -2.25. The van der Waals surface area contributed by atoms with E-state index in [2.05, 4.69) is 58.5 Å². The van der Waals surface area contributed by atoms with E-state index in [9.17, 15) is 0 Å². The zero-order chi connectivity index (χ0) is 14.6. The smallest absolute Gasteiger partial charge is 0.0628 e. The summed E-state index contributed by atoms with van der Waals surface area (Å²) < 4.78 is 2.17. The first-order chi connectivity index (χ1) is 8.77. The molecule has 0 aliphatic heterocycles. The molecule has 0 spiro atoms. The Labute approximate surface area is 118 Å². The fourth-order valence-corrected chi connectivity index (χ4v) is 2.57. The van der Waals surface area contributed by atoms with Crippen LogP contribution in [0.5, 0.6) is 0 Å². The van der Waals surface area contributed by atoms with Crippen LogP contribution in [-0.4, -0.2) is 22.9 Å². The molecule has 1 N–H and O–H groups in total. The van der Waals surface area contributed by atoms with Gasteiger partial charge in [-0.25, -0.2) is 0 Å². The molecule has 0 saturated heterocycles. The van der Waals surface area contributed by atoms with Crippen LogP contribution in [-0.2, 0) is 12.0 Å². The third-order valence-electron chi connectivity index (χ3n) is 3.55. The summed E-state index contributed by atoms with van der Waals surface area (Å²) in [6.07, 6.45) is 2.32. The number of rotatable bonds is 6. The van der Waals surface area contributed by atoms with E-state index in [1.54, 1.807) is 0 Å². The Bertz CT molecular complexity index is 399. The largest absolute Gasteiger partial charge is 0.316 e. The van der Waals surface area contributed by atoms with E-state index in [4.69, 9.17) is 5.10 Å². The zero-order valence-corrected chi connectivity index (χ0v) is 13.8. The summed E-state index contributed by atoms with van der Waals surface area (Å²) in [5, 5.41) is 8.23. The molecule has 19 heavy (non-hydrogen) atoms. The maximum absolute atomic E-state index is 4.73. The highest BCUT2D eigenvalue weighted by atomic mass is 15.3. The summed E-state index contributed by atoms with van der Waals surface area (Å²) >= 11 is 0. The maximum Gasteiger partial charge on any atom is 0.0628 e. The minimum Gasteiger partial charge on any atom is -0.316 e. The maximum atomic E-state index is 4.73. The molecule has 1 rings (SSSR count). The first-order valence-corrected chi connectivity index (χ1v) is 7.53. The van der Waals surface area contributed by atoms with E-state index >= 15 is 0 Å². The Morgan fingerprint density at radius 1 is 1.26 bits per heavy atom. The van der Waals surface area contributed by atoms with Gasteiger partial charge in [0, 0.05) is 5.69 Å². The van der Waals surface area contributed by atoms with Crippen LogP contribution in [0.3, 0.4) is 0 Å². The molecule has 1 aromatic rings. The van der Waals surface area contributed by atoms with Gasteiger partial charge in [-0.15, -0.1) is 0 Å². The van der Waals surface area contributed by atoms with Crippen LogP contribution in [0.4, 0.5) is 0 Å². The standard InChI is InChI=1S/C16H31N3/c1-8-9-17-11-12(2)10-15-13(3)18-19(14(15)4)16(5,6)7/h12,17H,8-11H2,1-7H3. The van der Waals surface area contributed by atoms with E-state index in [0.29, 0.717) is 5.92 Å². The molecule has 1 unspecified atom stereocenters. The van der Waals surface area contributed by atoms with Gasteiger partial charge in [0.25, 0.3) is 0 Å². The van der Waals surface area contributed by atoms with Gasteiger partial charge in [0.2, 0.25) is 0 Å². The number of nitrogens with zero attached hydrogens (tertiary/aromatic N) is 2. The lowest BCUT2D eigenvalue weighted by molar-refractivity contribution is 0.346. The summed E-state index contributed by atoms with van der Waals surface area (Å²) in [5.41, 5.74) is 4.01. The molecular formula is C16H31N3. The van der Waals surface area contributed by atoms with Gasteiger partial charge in [-0.1, -0.05) is 13.8 Å². The topological polar surface area (TPSA) is 29.9 Å². The van der Waals surface area contributed by atoms with Crippen LogP contribution in [0.15, 0.2) is 0 Å². The second-order valence-corrected chi connectivity index (χ2v) is 6.75. The van der Waals surface area contributed by atoms with Crippen molar-refractivity contribution in [1.82, 2.24) is 15.1 Å². The summed E-state index contributed by atoms with van der Waals surface area (Å²) in [6, 6.07) is 0. The van der Waals surface area contributed by atoms with Crippen molar-refractivity contribution >= 4 is 0 Å². The van der Waals surface area contributed by atoms with Crippen molar-refractivity contribution in [3.63, 3.8) is 0 Å². The average Bonchev–Trinajstić information content (AvgIpc) is 2.57. The molecule has 0 bridgehead atoms. The van der Waals surface area contributed by atoms with E-state index in [1.807, 2.05) is 0 Å². The normalized spacial score (nSPS) is 13.8. The van der Waals surface area contributed by atoms with Crippen LogP contribution < -0.4 is 5.32 Å². The second-order valence-electron chi connectivity index (χ2n) is 6.75. The van der Waals surface area contributed by atoms with Gasteiger partial charge in [0.15, 0.2) is 0 Å². The molecule has 0 aromatic carbocycles. The second kappa shape index (κ2) is 6.56. The minimum absolute atomic E-state index is 0.0663. The average molecular weight is 265 g/mol. The first-order valence-electron chi connectivity index (χ1n) is 7.53. The number of hydrogen-bond donors (Lipinski definition) is 1. The van der Waals surface area contributed by atoms with Gasteiger partial charge >= 0.3 is 0 Å². The predicted molar refractivity (Wildman–Crippen MR) is 82.7 cm³/mol. The molecule has 0 aliphatic carbocycles. The Hall–Kier alpha value is -0.830. The molecule has 0 saturated carbocycles. The van der Waals surface area contributed by atoms with Crippen LogP contribution in [0, 0.1) is 19.8 Å². The van der Waals surface area contributed by atoms with Crippen molar-refractivity contribution in [3.05, 3.63) is 17.0 Å². The predicted octanol–water partition coefficient (Wildman–Crippen LogP) is 3.43. The van der Waals surface area contributed by atoms with Crippen LogP contribution in [0.1, 0.15) is 58.0 Å². The van der Waals surface area contributed by atoms with Gasteiger partial charge < -0.3 is 5.32 Å². The lowest BCUT2D eigenvalue weighted by Gasteiger charge is -2.22. The summed E-state index contributed by atoms with van der Waals surface area (Å²) in [4.78, 5) is 0. The number of aryl methyl sites for hydroxylation is 1. The molecule has 0 radical (unpaired) electrons. The van der Waals surface area contributed by atoms with E-state index in [1.165, 1.54) is 23.4 Å². The van der Waals surface area contributed by atoms with E-state index in [0.717, 1.165) is 19.5 Å². The lowest BCUT2D eigenvalue weighted by atomic mass is 9.99. The number of hydrogen-bond acceptors (Lipinski definition) is 2. The third kappa shape index (κ3) is 4.34. The van der Waals surface area contributed by atoms with Gasteiger partial charge in [0.1, 0.15) is 0 Å². The monoisotopic (exact) mass is 265 g/mol. The Kier molecular flexibility index (Phi) is 5.60. The van der Waals surface area contributed by atoms with Crippen LogP contribution >= 0.6 is 0 Å². The third-order valence-corrected chi connectivity index (χ3v) is 3.55. The molecule has 3 nitrogen and oxygen atoms in total. The van der Waals surface area contributed by atoms with Crippen molar-refractivity contribution in [1.29, 1.82) is 0 Å². The molecule has 1 atom stereocenters. The molecule has 3 heteroatoms. The van der Waals surface area contributed by atoms with Crippen molar-refractivity contribution in [3.8, 4) is 0 Å². The van der Waals surface area contributed by atoms with Crippen molar-refractivity contribution in [2.24, 2.45) is 5.92 Å². The molecule has 0 fully saturated rings. The molecular weight excluding hydrogens is 234 g/mol. The van der Waals surface area contributed by atoms with Gasteiger partial charge in [-0.05, 0) is 72.0 Å². The van der Waals surface area contributed by atoms with Crippen LogP contribution in [0.25, 0.3) is 0 Å². The van der Waals surface area contributed by atoms with Crippen LogP contribution in [0.2, 0.25) is 0 Å². The zero-order valence-electron chi connectivity index (χ0n) is 13.8. The quantitative estimate of drug-likeness (QED) is 0.799. The Morgan fingerprint density at radius 3 is 2.37 bits per heavy atom. The fraction of sp³-hybridized carbons (Fsp3) is 0.812. The van der Waals surface area contributed by atoms with Crippen molar-refractivity contribution in [2.45, 2.75) is 66.8 Å². The van der Waals surface area contributed by atoms with Gasteiger partial charge in [0.05, 0.1) is 11.2 Å². The summed E-state index contributed by atoms with van der Waals surface area (Å²) in [5.74, 6) is 0.654. The summed E-state index contributed by atoms with van der Waals surface area (Å²) in [6.45, 7) is 17.7. The SMILES string of the molecule is CCCNCC(C)Cc1c(C)nn(C(C)(C)C)c1C. The molecule has 1 heterocycles. The van der Waals surface area contributed by atoms with E-state index in [-0.39, 0.29) is 5.54 Å². The molecule has 0 aliphatic rings.